The number of ether oxygens (including phenoxy) is 2. The van der Waals surface area contributed by atoms with Gasteiger partial charge in [-0.1, -0.05) is 11.6 Å². The van der Waals surface area contributed by atoms with Gasteiger partial charge in [0.25, 0.3) is 0 Å². The van der Waals surface area contributed by atoms with E-state index in [1.54, 1.807) is 6.92 Å². The first-order valence-electron chi connectivity index (χ1n) is 6.37. The van der Waals surface area contributed by atoms with Gasteiger partial charge in [-0.25, -0.2) is 4.39 Å². The predicted octanol–water partition coefficient (Wildman–Crippen LogP) is 3.54. The Kier molecular flexibility index (Phi) is 4.30. The van der Waals surface area contributed by atoms with Crippen LogP contribution in [0.25, 0.3) is 0 Å². The Morgan fingerprint density at radius 3 is 2.79 bits per heavy atom. The van der Waals surface area contributed by atoms with Crippen molar-refractivity contribution in [2.24, 2.45) is 5.92 Å². The maximum atomic E-state index is 13.9. The fourth-order valence-electron chi connectivity index (χ4n) is 2.18. The average molecular weight is 287 g/mol. The molecule has 3 nitrogen and oxygen atoms in total. The zero-order chi connectivity index (χ0) is 14.0. The summed E-state index contributed by atoms with van der Waals surface area (Å²) in [5.41, 5.74) is 0.366. The molecule has 0 heterocycles. The summed E-state index contributed by atoms with van der Waals surface area (Å²) in [5.74, 6) is -0.721. The molecule has 0 spiro atoms. The number of carbonyl (C=O) groups is 1. The molecule has 104 valence electrons. The average Bonchev–Trinajstić information content (AvgIpc) is 3.14. The molecule has 0 amide bonds. The molecule has 0 aromatic heterocycles. The minimum absolute atomic E-state index is 0.202. The van der Waals surface area contributed by atoms with E-state index in [2.05, 4.69) is 0 Å². The van der Waals surface area contributed by atoms with Gasteiger partial charge >= 0.3 is 5.97 Å². The Morgan fingerprint density at radius 1 is 1.42 bits per heavy atom. The van der Waals surface area contributed by atoms with Crippen LogP contribution in [0.15, 0.2) is 12.1 Å². The lowest BCUT2D eigenvalue weighted by Crippen LogP contribution is -2.08. The standard InChI is InChI=1S/C14H16ClFO3/c1-3-18-11-6-5-10(16)12(13(11)15)8-7-9(8)14(17)19-4-2/h5-6,8-9H,3-4,7H2,1-2H3/t8-,9+/m0/s1. The van der Waals surface area contributed by atoms with E-state index in [9.17, 15) is 9.18 Å². The van der Waals surface area contributed by atoms with Crippen molar-refractivity contribution < 1.29 is 18.7 Å². The first-order chi connectivity index (χ1) is 9.10. The number of esters is 1. The van der Waals surface area contributed by atoms with E-state index in [0.717, 1.165) is 0 Å². The summed E-state index contributed by atoms with van der Waals surface area (Å²) in [6.45, 7) is 4.37. The molecule has 1 saturated carbocycles. The Labute approximate surface area is 116 Å². The van der Waals surface area contributed by atoms with Crippen molar-refractivity contribution >= 4 is 17.6 Å². The number of hydrogen-bond acceptors (Lipinski definition) is 3. The van der Waals surface area contributed by atoms with E-state index in [0.29, 0.717) is 30.9 Å². The molecular weight excluding hydrogens is 271 g/mol. The maximum Gasteiger partial charge on any atom is 0.309 e. The third kappa shape index (κ3) is 2.84. The largest absolute Gasteiger partial charge is 0.492 e. The molecule has 1 fully saturated rings. The van der Waals surface area contributed by atoms with E-state index in [-0.39, 0.29) is 22.8 Å². The van der Waals surface area contributed by atoms with Crippen LogP contribution in [-0.2, 0) is 9.53 Å². The third-order valence-corrected chi connectivity index (χ3v) is 3.53. The van der Waals surface area contributed by atoms with Crippen LogP contribution in [0.5, 0.6) is 5.75 Å². The van der Waals surface area contributed by atoms with Gasteiger partial charge in [-0.15, -0.1) is 0 Å². The molecule has 5 heteroatoms. The zero-order valence-electron chi connectivity index (χ0n) is 10.9. The van der Waals surface area contributed by atoms with Crippen molar-refractivity contribution in [1.29, 1.82) is 0 Å². The van der Waals surface area contributed by atoms with Crippen LogP contribution < -0.4 is 4.74 Å². The van der Waals surface area contributed by atoms with Gasteiger partial charge in [0, 0.05) is 11.5 Å². The minimum atomic E-state index is -0.398. The van der Waals surface area contributed by atoms with Crippen molar-refractivity contribution in [1.82, 2.24) is 0 Å². The van der Waals surface area contributed by atoms with Crippen LogP contribution in [0.2, 0.25) is 5.02 Å². The molecule has 0 aliphatic heterocycles. The van der Waals surface area contributed by atoms with Crippen LogP contribution in [-0.4, -0.2) is 19.2 Å². The van der Waals surface area contributed by atoms with Crippen LogP contribution >= 0.6 is 11.6 Å². The SMILES string of the molecule is CCOC(=O)[C@@H]1C[C@@H]1c1c(F)ccc(OCC)c1Cl. The number of benzene rings is 1. The molecule has 0 N–H and O–H groups in total. The van der Waals surface area contributed by atoms with Gasteiger partial charge in [-0.3, -0.25) is 4.79 Å². The summed E-state index contributed by atoms with van der Waals surface area (Å²) in [7, 11) is 0. The van der Waals surface area contributed by atoms with Gasteiger partial charge in [-0.05, 0) is 32.4 Å². The van der Waals surface area contributed by atoms with Gasteiger partial charge in [0.2, 0.25) is 0 Å². The fraction of sp³-hybridized carbons (Fsp3) is 0.500. The normalized spacial score (nSPS) is 21.1. The Bertz CT molecular complexity index is 490. The number of halogens is 2. The summed E-state index contributed by atoms with van der Waals surface area (Å²) in [6, 6.07) is 2.83. The molecule has 1 aromatic rings. The van der Waals surface area contributed by atoms with Gasteiger partial charge in [0.15, 0.2) is 0 Å². The molecule has 0 saturated heterocycles. The highest BCUT2D eigenvalue weighted by Gasteiger charge is 2.47. The fourth-order valence-corrected chi connectivity index (χ4v) is 2.53. The van der Waals surface area contributed by atoms with Gasteiger partial charge in [0.1, 0.15) is 11.6 Å². The topological polar surface area (TPSA) is 35.5 Å². The first kappa shape index (κ1) is 14.1. The minimum Gasteiger partial charge on any atom is -0.492 e. The molecule has 19 heavy (non-hydrogen) atoms. The molecule has 2 atom stereocenters. The van der Waals surface area contributed by atoms with E-state index in [4.69, 9.17) is 21.1 Å². The summed E-state index contributed by atoms with van der Waals surface area (Å²) in [5, 5.41) is 0.263. The molecule has 0 bridgehead atoms. The molecule has 2 rings (SSSR count). The summed E-state index contributed by atoms with van der Waals surface area (Å²) < 4.78 is 24.2. The van der Waals surface area contributed by atoms with Crippen LogP contribution in [0.1, 0.15) is 31.7 Å². The zero-order valence-corrected chi connectivity index (χ0v) is 11.7. The highest BCUT2D eigenvalue weighted by Crippen LogP contribution is 2.52. The van der Waals surface area contributed by atoms with E-state index < -0.39 is 5.82 Å². The molecule has 1 aliphatic rings. The smallest absolute Gasteiger partial charge is 0.309 e. The van der Waals surface area contributed by atoms with E-state index in [1.165, 1.54) is 12.1 Å². The summed E-state index contributed by atoms with van der Waals surface area (Å²) in [4.78, 5) is 11.6. The first-order valence-corrected chi connectivity index (χ1v) is 6.75. The number of hydrogen-bond donors (Lipinski definition) is 0. The molecule has 1 aliphatic carbocycles. The third-order valence-electron chi connectivity index (χ3n) is 3.14. The Balaban J connectivity index is 2.22. The van der Waals surface area contributed by atoms with Crippen LogP contribution in [0.4, 0.5) is 4.39 Å². The molecule has 1 aromatic carbocycles. The Hall–Kier alpha value is -1.29. The number of carbonyl (C=O) groups excluding carboxylic acids is 1. The lowest BCUT2D eigenvalue weighted by Gasteiger charge is -2.11. The van der Waals surface area contributed by atoms with E-state index >= 15 is 0 Å². The molecule has 0 unspecified atom stereocenters. The second-order valence-corrected chi connectivity index (χ2v) is 4.78. The maximum absolute atomic E-state index is 13.9. The van der Waals surface area contributed by atoms with Crippen molar-refractivity contribution in [3.05, 3.63) is 28.5 Å². The lowest BCUT2D eigenvalue weighted by molar-refractivity contribution is -0.144. The number of rotatable bonds is 5. The van der Waals surface area contributed by atoms with Gasteiger partial charge in [0.05, 0.1) is 24.2 Å². The van der Waals surface area contributed by atoms with Crippen LogP contribution in [0.3, 0.4) is 0 Å². The monoisotopic (exact) mass is 286 g/mol. The van der Waals surface area contributed by atoms with Gasteiger partial charge in [-0.2, -0.15) is 0 Å². The predicted molar refractivity (Wildman–Crippen MR) is 70.1 cm³/mol. The van der Waals surface area contributed by atoms with Crippen molar-refractivity contribution in [3.63, 3.8) is 0 Å². The molecular formula is C14H16ClFO3. The van der Waals surface area contributed by atoms with Crippen molar-refractivity contribution in [2.45, 2.75) is 26.2 Å². The summed E-state index contributed by atoms with van der Waals surface area (Å²) in [6.07, 6.45) is 0.574. The van der Waals surface area contributed by atoms with Gasteiger partial charge < -0.3 is 9.47 Å². The highest BCUT2D eigenvalue weighted by molar-refractivity contribution is 6.33. The Morgan fingerprint density at radius 2 is 2.16 bits per heavy atom. The quantitative estimate of drug-likeness (QED) is 0.777. The second kappa shape index (κ2) is 5.78. The molecule has 0 radical (unpaired) electrons. The summed E-state index contributed by atoms with van der Waals surface area (Å²) >= 11 is 6.16. The van der Waals surface area contributed by atoms with Crippen molar-refractivity contribution in [3.8, 4) is 5.75 Å². The van der Waals surface area contributed by atoms with E-state index in [1.807, 2.05) is 6.92 Å². The van der Waals surface area contributed by atoms with Crippen LogP contribution in [0, 0.1) is 11.7 Å². The van der Waals surface area contributed by atoms with Crippen molar-refractivity contribution in [2.75, 3.05) is 13.2 Å². The lowest BCUT2D eigenvalue weighted by atomic mass is 10.1. The highest BCUT2D eigenvalue weighted by atomic mass is 35.5. The second-order valence-electron chi connectivity index (χ2n) is 4.41.